The van der Waals surface area contributed by atoms with Crippen molar-refractivity contribution in [3.63, 3.8) is 0 Å². The molecule has 1 saturated carbocycles. The van der Waals surface area contributed by atoms with Gasteiger partial charge in [0, 0.05) is 38.8 Å². The van der Waals surface area contributed by atoms with E-state index < -0.39 is 0 Å². The molecule has 0 bridgehead atoms. The molecule has 0 aromatic rings. The lowest BCUT2D eigenvalue weighted by molar-refractivity contribution is -0.162. The monoisotopic (exact) mass is 308 g/mol. The maximum absolute atomic E-state index is 12.1. The van der Waals surface area contributed by atoms with Crippen molar-refractivity contribution in [3.8, 4) is 0 Å². The summed E-state index contributed by atoms with van der Waals surface area (Å²) in [5.74, 6) is 0.129. The molecule has 0 aliphatic heterocycles. The molecule has 1 rings (SSSR count). The van der Waals surface area contributed by atoms with E-state index in [-0.39, 0.29) is 35.9 Å². The Bertz CT molecular complexity index is 300. The highest BCUT2D eigenvalue weighted by Crippen LogP contribution is 2.45. The zero-order valence-electron chi connectivity index (χ0n) is 13.3. The van der Waals surface area contributed by atoms with Crippen molar-refractivity contribution in [3.05, 3.63) is 0 Å². The Morgan fingerprint density at radius 3 is 2.60 bits per heavy atom. The molecule has 0 radical (unpaired) electrons. The molecule has 1 aliphatic carbocycles. The van der Waals surface area contributed by atoms with Crippen LogP contribution in [0.25, 0.3) is 0 Å². The van der Waals surface area contributed by atoms with Crippen LogP contribution >= 0.6 is 12.4 Å². The number of nitrogens with zero attached hydrogens (tertiary/aromatic N) is 1. The van der Waals surface area contributed by atoms with Crippen molar-refractivity contribution in [2.75, 3.05) is 40.5 Å². The van der Waals surface area contributed by atoms with Gasteiger partial charge in [0.1, 0.15) is 0 Å². The van der Waals surface area contributed by atoms with Gasteiger partial charge in [0.25, 0.3) is 0 Å². The van der Waals surface area contributed by atoms with Crippen LogP contribution in [-0.4, -0.2) is 63.4 Å². The van der Waals surface area contributed by atoms with Crippen LogP contribution in [0.5, 0.6) is 0 Å². The Labute approximate surface area is 128 Å². The lowest BCUT2D eigenvalue weighted by Gasteiger charge is -2.54. The van der Waals surface area contributed by atoms with Gasteiger partial charge in [-0.25, -0.2) is 0 Å². The van der Waals surface area contributed by atoms with Crippen molar-refractivity contribution in [2.45, 2.75) is 39.3 Å². The maximum atomic E-state index is 12.1. The number of nitrogens with one attached hydrogen (secondary N) is 1. The molecule has 120 valence electrons. The van der Waals surface area contributed by atoms with Gasteiger partial charge in [-0.1, -0.05) is 13.8 Å². The Morgan fingerprint density at radius 2 is 2.10 bits per heavy atom. The Kier molecular flexibility index (Phi) is 8.66. The van der Waals surface area contributed by atoms with Gasteiger partial charge in [-0.3, -0.25) is 4.79 Å². The number of hydrogen-bond acceptors (Lipinski definition) is 4. The van der Waals surface area contributed by atoms with E-state index in [1.165, 1.54) is 0 Å². The van der Waals surface area contributed by atoms with E-state index >= 15 is 0 Å². The number of hydrogen-bond donors (Lipinski definition) is 1. The number of halogens is 1. The van der Waals surface area contributed by atoms with Gasteiger partial charge in [-0.15, -0.1) is 12.4 Å². The van der Waals surface area contributed by atoms with Gasteiger partial charge < -0.3 is 19.7 Å². The zero-order chi connectivity index (χ0) is 14.5. The number of amides is 1. The fraction of sp³-hybridized carbons (Fsp3) is 0.929. The van der Waals surface area contributed by atoms with Crippen molar-refractivity contribution in [1.82, 2.24) is 10.2 Å². The van der Waals surface area contributed by atoms with Crippen LogP contribution in [0.1, 0.15) is 27.2 Å². The van der Waals surface area contributed by atoms with E-state index in [9.17, 15) is 4.79 Å². The average Bonchev–Trinajstić information content (AvgIpc) is 2.38. The molecule has 1 N–H and O–H groups in total. The Morgan fingerprint density at radius 1 is 1.45 bits per heavy atom. The molecule has 5 nitrogen and oxygen atoms in total. The summed E-state index contributed by atoms with van der Waals surface area (Å²) < 4.78 is 10.6. The smallest absolute Gasteiger partial charge is 0.236 e. The highest BCUT2D eigenvalue weighted by atomic mass is 35.5. The molecular weight excluding hydrogens is 280 g/mol. The van der Waals surface area contributed by atoms with E-state index in [1.54, 1.807) is 7.11 Å². The number of carbonyl (C=O) groups is 1. The molecule has 0 spiro atoms. The summed E-state index contributed by atoms with van der Waals surface area (Å²) in [7, 11) is 3.54. The first kappa shape index (κ1) is 19.6. The molecule has 1 amide bonds. The molecular formula is C14H29ClN2O3. The van der Waals surface area contributed by atoms with E-state index in [0.29, 0.717) is 19.7 Å². The number of ether oxygens (including phenoxy) is 2. The van der Waals surface area contributed by atoms with E-state index in [2.05, 4.69) is 19.2 Å². The fourth-order valence-electron chi connectivity index (χ4n) is 2.67. The Hall–Kier alpha value is -0.360. The van der Waals surface area contributed by atoms with Gasteiger partial charge in [-0.05, 0) is 13.3 Å². The van der Waals surface area contributed by atoms with Gasteiger partial charge in [0.05, 0.1) is 19.3 Å². The van der Waals surface area contributed by atoms with Gasteiger partial charge in [0.15, 0.2) is 0 Å². The second-order valence-electron chi connectivity index (χ2n) is 5.69. The Balaban J connectivity index is 0.00000361. The van der Waals surface area contributed by atoms with Crippen LogP contribution in [0.2, 0.25) is 0 Å². The normalized spacial score (nSPS) is 23.6. The molecule has 2 unspecified atom stereocenters. The van der Waals surface area contributed by atoms with Crippen LogP contribution in [0.3, 0.4) is 0 Å². The van der Waals surface area contributed by atoms with Gasteiger partial charge in [0.2, 0.25) is 5.91 Å². The van der Waals surface area contributed by atoms with Crippen molar-refractivity contribution >= 4 is 18.3 Å². The first-order valence-electron chi connectivity index (χ1n) is 7.02. The second-order valence-corrected chi connectivity index (χ2v) is 5.69. The van der Waals surface area contributed by atoms with Crippen LogP contribution < -0.4 is 5.32 Å². The maximum Gasteiger partial charge on any atom is 0.236 e. The SMILES string of the molecule is CCOC1CC(N(C)C(=O)CNCCOC)C1(C)C.Cl. The quantitative estimate of drug-likeness (QED) is 0.687. The first-order valence-corrected chi connectivity index (χ1v) is 7.02. The summed E-state index contributed by atoms with van der Waals surface area (Å²) >= 11 is 0. The second kappa shape index (κ2) is 8.82. The highest BCUT2D eigenvalue weighted by Gasteiger charge is 2.51. The van der Waals surface area contributed by atoms with Crippen LogP contribution in [0.4, 0.5) is 0 Å². The number of rotatable bonds is 8. The summed E-state index contributed by atoms with van der Waals surface area (Å²) in [4.78, 5) is 13.9. The number of methoxy groups -OCH3 is 1. The summed E-state index contributed by atoms with van der Waals surface area (Å²) in [6, 6.07) is 0.265. The van der Waals surface area contributed by atoms with Crippen LogP contribution in [0, 0.1) is 5.41 Å². The predicted octanol–water partition coefficient (Wildman–Crippen LogP) is 1.31. The summed E-state index contributed by atoms with van der Waals surface area (Å²) in [5, 5.41) is 3.09. The molecule has 0 aromatic heterocycles. The highest BCUT2D eigenvalue weighted by molar-refractivity contribution is 5.85. The van der Waals surface area contributed by atoms with Crippen molar-refractivity contribution in [1.29, 1.82) is 0 Å². The molecule has 0 aromatic carbocycles. The summed E-state index contributed by atoms with van der Waals surface area (Å²) in [6.45, 7) is 8.78. The molecule has 0 heterocycles. The van der Waals surface area contributed by atoms with Crippen LogP contribution in [-0.2, 0) is 14.3 Å². The minimum Gasteiger partial charge on any atom is -0.383 e. The lowest BCUT2D eigenvalue weighted by atomic mass is 9.64. The summed E-state index contributed by atoms with van der Waals surface area (Å²) in [5.41, 5.74) is 0.0347. The topological polar surface area (TPSA) is 50.8 Å². The van der Waals surface area contributed by atoms with Crippen LogP contribution in [0.15, 0.2) is 0 Å². The minimum absolute atomic E-state index is 0. The third-order valence-corrected chi connectivity index (χ3v) is 4.11. The molecule has 1 fully saturated rings. The third kappa shape index (κ3) is 4.58. The predicted molar refractivity (Wildman–Crippen MR) is 82.4 cm³/mol. The first-order chi connectivity index (χ1) is 8.95. The van der Waals surface area contributed by atoms with E-state index in [0.717, 1.165) is 13.0 Å². The molecule has 2 atom stereocenters. The van der Waals surface area contributed by atoms with Gasteiger partial charge >= 0.3 is 0 Å². The molecule has 1 aliphatic rings. The van der Waals surface area contributed by atoms with E-state index in [4.69, 9.17) is 9.47 Å². The lowest BCUT2D eigenvalue weighted by Crippen LogP contribution is -2.63. The fourth-order valence-corrected chi connectivity index (χ4v) is 2.67. The minimum atomic E-state index is 0. The largest absolute Gasteiger partial charge is 0.383 e. The van der Waals surface area contributed by atoms with Crippen molar-refractivity contribution < 1.29 is 14.3 Å². The number of carbonyl (C=O) groups excluding carboxylic acids is 1. The average molecular weight is 309 g/mol. The summed E-state index contributed by atoms with van der Waals surface area (Å²) in [6.07, 6.45) is 1.19. The number of likely N-dealkylation sites (N-methyl/N-ethyl adjacent to an activating group) is 1. The van der Waals surface area contributed by atoms with Crippen molar-refractivity contribution in [2.24, 2.45) is 5.41 Å². The van der Waals surface area contributed by atoms with Gasteiger partial charge in [-0.2, -0.15) is 0 Å². The molecule has 20 heavy (non-hydrogen) atoms. The third-order valence-electron chi connectivity index (χ3n) is 4.11. The molecule has 6 heteroatoms. The standard InChI is InChI=1S/C14H28N2O3.ClH/c1-6-19-12-9-11(14(12,2)3)16(4)13(17)10-15-7-8-18-5;/h11-12,15H,6-10H2,1-5H3;1H. The molecule has 0 saturated heterocycles. The van der Waals surface area contributed by atoms with E-state index in [1.807, 2.05) is 18.9 Å². The zero-order valence-corrected chi connectivity index (χ0v) is 14.1.